The van der Waals surface area contributed by atoms with Crippen LogP contribution in [0.25, 0.3) is 0 Å². The van der Waals surface area contributed by atoms with Gasteiger partial charge in [-0.25, -0.2) is 0 Å². The highest BCUT2D eigenvalue weighted by molar-refractivity contribution is 5.50. The molecular formula is C26H34O5. The standard InChI is InChI=1S/C26H34O5/c1-15(2)30-19-9-7-17(8-10-19)11-18-12-22(16(3)20-5-4-6-21(18)20)24-13-23(28)26(29)25(14-27)31-24/h7-10,12,15,23-29H,4-6,11,13-14H2,1-3H3/t23-,24-,25-,26-/m1/s1. The van der Waals surface area contributed by atoms with E-state index in [4.69, 9.17) is 9.47 Å². The molecule has 5 nitrogen and oxygen atoms in total. The molecule has 1 saturated heterocycles. The number of aliphatic hydroxyl groups excluding tert-OH is 3. The Bertz CT molecular complexity index is 905. The molecule has 2 aliphatic rings. The van der Waals surface area contributed by atoms with Crippen LogP contribution < -0.4 is 4.74 Å². The van der Waals surface area contributed by atoms with Crippen LogP contribution >= 0.6 is 0 Å². The lowest BCUT2D eigenvalue weighted by Gasteiger charge is -2.37. The van der Waals surface area contributed by atoms with Gasteiger partial charge in [0.05, 0.1) is 24.9 Å². The highest BCUT2D eigenvalue weighted by atomic mass is 16.5. The number of benzene rings is 2. The number of hydrogen-bond donors (Lipinski definition) is 3. The summed E-state index contributed by atoms with van der Waals surface area (Å²) in [5.74, 6) is 0.881. The Morgan fingerprint density at radius 1 is 1.10 bits per heavy atom. The quantitative estimate of drug-likeness (QED) is 0.660. The highest BCUT2D eigenvalue weighted by Gasteiger charge is 2.38. The monoisotopic (exact) mass is 426 g/mol. The fourth-order valence-electron chi connectivity index (χ4n) is 5.04. The molecule has 0 unspecified atom stereocenters. The Morgan fingerprint density at radius 2 is 1.81 bits per heavy atom. The van der Waals surface area contributed by atoms with E-state index in [1.54, 1.807) is 0 Å². The van der Waals surface area contributed by atoms with Crippen LogP contribution in [0, 0.1) is 6.92 Å². The Hall–Kier alpha value is -1.92. The van der Waals surface area contributed by atoms with E-state index in [1.807, 2.05) is 26.0 Å². The third-order valence-corrected chi connectivity index (χ3v) is 6.61. The van der Waals surface area contributed by atoms with Crippen molar-refractivity contribution in [2.24, 2.45) is 0 Å². The zero-order chi connectivity index (χ0) is 22.1. The largest absolute Gasteiger partial charge is 0.491 e. The summed E-state index contributed by atoms with van der Waals surface area (Å²) in [7, 11) is 0. The molecule has 4 atom stereocenters. The molecule has 0 aromatic heterocycles. The molecule has 3 N–H and O–H groups in total. The van der Waals surface area contributed by atoms with Gasteiger partial charge in [0.15, 0.2) is 0 Å². The summed E-state index contributed by atoms with van der Waals surface area (Å²) in [6.07, 6.45) is 1.57. The molecule has 4 rings (SSSR count). The maximum atomic E-state index is 10.3. The Labute approximate surface area is 184 Å². The second-order valence-electron chi connectivity index (χ2n) is 9.19. The van der Waals surface area contributed by atoms with Gasteiger partial charge in [-0.1, -0.05) is 18.2 Å². The van der Waals surface area contributed by atoms with Gasteiger partial charge in [-0.3, -0.25) is 0 Å². The first-order valence-corrected chi connectivity index (χ1v) is 11.4. The third kappa shape index (κ3) is 4.65. The zero-order valence-electron chi connectivity index (χ0n) is 18.7. The Kier molecular flexibility index (Phi) is 6.68. The predicted octanol–water partition coefficient (Wildman–Crippen LogP) is 3.41. The van der Waals surface area contributed by atoms with E-state index in [0.29, 0.717) is 6.42 Å². The van der Waals surface area contributed by atoms with Gasteiger partial charge in [0.2, 0.25) is 0 Å². The molecule has 168 valence electrons. The van der Waals surface area contributed by atoms with Gasteiger partial charge in [0, 0.05) is 6.42 Å². The van der Waals surface area contributed by atoms with Crippen LogP contribution in [0.4, 0.5) is 0 Å². The maximum Gasteiger partial charge on any atom is 0.119 e. The summed E-state index contributed by atoms with van der Waals surface area (Å²) in [6, 6.07) is 10.5. The smallest absolute Gasteiger partial charge is 0.119 e. The van der Waals surface area contributed by atoms with Crippen LogP contribution in [0.15, 0.2) is 30.3 Å². The fraction of sp³-hybridized carbons (Fsp3) is 0.538. The molecule has 1 fully saturated rings. The van der Waals surface area contributed by atoms with Crippen molar-refractivity contribution in [1.29, 1.82) is 0 Å². The second-order valence-corrected chi connectivity index (χ2v) is 9.19. The summed E-state index contributed by atoms with van der Waals surface area (Å²) in [5.41, 5.74) is 7.67. The van der Waals surface area contributed by atoms with Gasteiger partial charge in [-0.05, 0) is 92.0 Å². The van der Waals surface area contributed by atoms with Crippen LogP contribution in [-0.4, -0.2) is 46.3 Å². The van der Waals surface area contributed by atoms with E-state index in [9.17, 15) is 15.3 Å². The molecule has 2 aromatic carbocycles. The molecule has 1 heterocycles. The molecule has 1 aliphatic heterocycles. The first kappa shape index (κ1) is 22.3. The lowest BCUT2D eigenvalue weighted by molar-refractivity contribution is -0.181. The van der Waals surface area contributed by atoms with E-state index < -0.39 is 18.3 Å². The SMILES string of the molecule is Cc1c([C@H]2C[C@@H](O)[C@@H](O)[C@@H](CO)O2)cc(Cc2ccc(OC(C)C)cc2)c2c1CCC2. The van der Waals surface area contributed by atoms with Crippen molar-refractivity contribution in [1.82, 2.24) is 0 Å². The molecule has 31 heavy (non-hydrogen) atoms. The van der Waals surface area contributed by atoms with Crippen molar-refractivity contribution in [3.63, 3.8) is 0 Å². The summed E-state index contributed by atoms with van der Waals surface area (Å²) in [5, 5.41) is 30.0. The van der Waals surface area contributed by atoms with Crippen molar-refractivity contribution < 1.29 is 24.8 Å². The number of fused-ring (bicyclic) bond motifs is 1. The summed E-state index contributed by atoms with van der Waals surface area (Å²) in [6.45, 7) is 5.87. The van der Waals surface area contributed by atoms with Gasteiger partial charge in [-0.2, -0.15) is 0 Å². The predicted molar refractivity (Wildman–Crippen MR) is 120 cm³/mol. The zero-order valence-corrected chi connectivity index (χ0v) is 18.7. The average Bonchev–Trinajstić information content (AvgIpc) is 3.24. The number of rotatable bonds is 6. The molecule has 0 radical (unpaired) electrons. The summed E-state index contributed by atoms with van der Waals surface area (Å²) in [4.78, 5) is 0. The van der Waals surface area contributed by atoms with Gasteiger partial charge in [0.25, 0.3) is 0 Å². The van der Waals surface area contributed by atoms with Gasteiger partial charge < -0.3 is 24.8 Å². The molecule has 1 aliphatic carbocycles. The Balaban J connectivity index is 1.64. The molecule has 0 bridgehead atoms. The summed E-state index contributed by atoms with van der Waals surface area (Å²) >= 11 is 0. The van der Waals surface area contributed by atoms with Gasteiger partial charge >= 0.3 is 0 Å². The maximum absolute atomic E-state index is 10.3. The van der Waals surface area contributed by atoms with E-state index >= 15 is 0 Å². The van der Waals surface area contributed by atoms with Gasteiger partial charge in [0.1, 0.15) is 18.0 Å². The van der Waals surface area contributed by atoms with Crippen molar-refractivity contribution in [2.75, 3.05) is 6.61 Å². The van der Waals surface area contributed by atoms with E-state index in [-0.39, 0.29) is 18.8 Å². The van der Waals surface area contributed by atoms with Crippen LogP contribution in [0.5, 0.6) is 5.75 Å². The molecule has 0 saturated carbocycles. The van der Waals surface area contributed by atoms with E-state index in [0.717, 1.165) is 37.0 Å². The highest BCUT2D eigenvalue weighted by Crippen LogP contribution is 2.39. The minimum Gasteiger partial charge on any atom is -0.491 e. The van der Waals surface area contributed by atoms with Crippen LogP contribution in [-0.2, 0) is 24.0 Å². The fourth-order valence-corrected chi connectivity index (χ4v) is 5.04. The number of aliphatic hydroxyl groups is 3. The second kappa shape index (κ2) is 9.29. The average molecular weight is 427 g/mol. The number of ether oxygens (including phenoxy) is 2. The molecule has 5 heteroatoms. The normalized spacial score (nSPS) is 25.6. The summed E-state index contributed by atoms with van der Waals surface area (Å²) < 4.78 is 11.8. The minimum absolute atomic E-state index is 0.154. The minimum atomic E-state index is -1.05. The third-order valence-electron chi connectivity index (χ3n) is 6.61. The van der Waals surface area contributed by atoms with Crippen LogP contribution in [0.1, 0.15) is 66.2 Å². The van der Waals surface area contributed by atoms with Crippen molar-refractivity contribution >= 4 is 0 Å². The lowest BCUT2D eigenvalue weighted by atomic mass is 9.85. The number of hydrogen-bond acceptors (Lipinski definition) is 5. The van der Waals surface area contributed by atoms with Crippen molar-refractivity contribution in [3.8, 4) is 5.75 Å². The molecule has 0 spiro atoms. The molecular weight excluding hydrogens is 392 g/mol. The molecule has 0 amide bonds. The van der Waals surface area contributed by atoms with E-state index in [2.05, 4.69) is 25.1 Å². The Morgan fingerprint density at radius 3 is 2.48 bits per heavy atom. The van der Waals surface area contributed by atoms with Crippen LogP contribution in [0.2, 0.25) is 0 Å². The van der Waals surface area contributed by atoms with Gasteiger partial charge in [-0.15, -0.1) is 0 Å². The van der Waals surface area contributed by atoms with Crippen molar-refractivity contribution in [3.05, 3.63) is 63.7 Å². The first-order chi connectivity index (χ1) is 14.9. The van der Waals surface area contributed by atoms with Crippen LogP contribution in [0.3, 0.4) is 0 Å². The van der Waals surface area contributed by atoms with Crippen molar-refractivity contribution in [2.45, 2.75) is 83.4 Å². The topological polar surface area (TPSA) is 79.2 Å². The van der Waals surface area contributed by atoms with E-state index in [1.165, 1.54) is 27.8 Å². The molecule has 2 aromatic rings. The first-order valence-electron chi connectivity index (χ1n) is 11.4. The lowest BCUT2D eigenvalue weighted by Crippen LogP contribution is -2.47.